The first-order valence-corrected chi connectivity index (χ1v) is 7.90. The van der Waals surface area contributed by atoms with Crippen LogP contribution < -0.4 is 10.6 Å². The van der Waals surface area contributed by atoms with Gasteiger partial charge in [-0.05, 0) is 69.3 Å². The topological polar surface area (TPSA) is 41.1 Å². The fourth-order valence-electron chi connectivity index (χ4n) is 2.84. The molecule has 4 heteroatoms. The summed E-state index contributed by atoms with van der Waals surface area (Å²) in [5.41, 5.74) is 1.05. The van der Waals surface area contributed by atoms with E-state index in [0.29, 0.717) is 17.2 Å². The molecule has 1 aromatic carbocycles. The molecule has 0 heterocycles. The molecular formula is C17H25FN2O. The third kappa shape index (κ3) is 4.53. The number of rotatable bonds is 5. The molecule has 0 aliphatic heterocycles. The number of halogens is 1. The van der Waals surface area contributed by atoms with Crippen molar-refractivity contribution in [3.8, 4) is 0 Å². The molecule has 0 aromatic heterocycles. The number of hydrogen-bond acceptors (Lipinski definition) is 2. The molecule has 2 rings (SSSR count). The predicted molar refractivity (Wildman–Crippen MR) is 82.9 cm³/mol. The lowest BCUT2D eigenvalue weighted by molar-refractivity contribution is 0.0924. The molecule has 0 bridgehead atoms. The molecule has 1 fully saturated rings. The molecule has 1 aliphatic carbocycles. The molecule has 1 aromatic rings. The normalized spacial score (nSPS) is 22.0. The zero-order valence-electron chi connectivity index (χ0n) is 12.9. The first kappa shape index (κ1) is 16.0. The van der Waals surface area contributed by atoms with Gasteiger partial charge in [-0.25, -0.2) is 4.39 Å². The van der Waals surface area contributed by atoms with Crippen LogP contribution in [0.1, 0.15) is 54.9 Å². The maximum atomic E-state index is 13.2. The van der Waals surface area contributed by atoms with Gasteiger partial charge in [-0.1, -0.05) is 6.92 Å². The van der Waals surface area contributed by atoms with Gasteiger partial charge in [0.2, 0.25) is 0 Å². The Morgan fingerprint density at radius 2 is 1.90 bits per heavy atom. The van der Waals surface area contributed by atoms with Gasteiger partial charge in [-0.2, -0.15) is 0 Å². The van der Waals surface area contributed by atoms with Crippen LogP contribution in [0.3, 0.4) is 0 Å². The average molecular weight is 292 g/mol. The Balaban J connectivity index is 1.82. The van der Waals surface area contributed by atoms with Gasteiger partial charge in [0.1, 0.15) is 5.82 Å². The van der Waals surface area contributed by atoms with Crippen molar-refractivity contribution in [2.75, 3.05) is 6.54 Å². The van der Waals surface area contributed by atoms with Crippen LogP contribution in [0.5, 0.6) is 0 Å². The SMILES string of the molecule is CCCNC1CCC(NC(=O)c2ccc(F)c(C)c2)CC1. The van der Waals surface area contributed by atoms with E-state index in [4.69, 9.17) is 0 Å². The maximum Gasteiger partial charge on any atom is 0.251 e. The Morgan fingerprint density at radius 1 is 1.24 bits per heavy atom. The van der Waals surface area contributed by atoms with Crippen molar-refractivity contribution < 1.29 is 9.18 Å². The van der Waals surface area contributed by atoms with E-state index in [1.807, 2.05) is 0 Å². The number of benzene rings is 1. The van der Waals surface area contributed by atoms with Crippen LogP contribution in [0, 0.1) is 12.7 Å². The molecule has 116 valence electrons. The van der Waals surface area contributed by atoms with Crippen molar-refractivity contribution >= 4 is 5.91 Å². The summed E-state index contributed by atoms with van der Waals surface area (Å²) in [4.78, 5) is 12.2. The van der Waals surface area contributed by atoms with E-state index in [2.05, 4.69) is 17.6 Å². The standard InChI is InChI=1S/C17H25FN2O/c1-3-10-19-14-5-7-15(8-6-14)20-17(21)13-4-9-16(18)12(2)11-13/h4,9,11,14-15,19H,3,5-8,10H2,1-2H3,(H,20,21). The number of carbonyl (C=O) groups is 1. The second kappa shape index (κ2) is 7.55. The Hall–Kier alpha value is -1.42. The third-order valence-corrected chi connectivity index (χ3v) is 4.17. The van der Waals surface area contributed by atoms with Crippen molar-refractivity contribution in [1.29, 1.82) is 0 Å². The van der Waals surface area contributed by atoms with Gasteiger partial charge in [0.15, 0.2) is 0 Å². The number of amides is 1. The van der Waals surface area contributed by atoms with Crippen LogP contribution in [-0.2, 0) is 0 Å². The molecule has 1 amide bonds. The third-order valence-electron chi connectivity index (χ3n) is 4.17. The van der Waals surface area contributed by atoms with Crippen LogP contribution in [0.4, 0.5) is 4.39 Å². The Bertz CT molecular complexity index is 482. The molecule has 3 nitrogen and oxygen atoms in total. The summed E-state index contributed by atoms with van der Waals surface area (Å²) < 4.78 is 13.2. The highest BCUT2D eigenvalue weighted by molar-refractivity contribution is 5.94. The Labute approximate surface area is 126 Å². The van der Waals surface area contributed by atoms with E-state index in [0.717, 1.165) is 38.6 Å². The highest BCUT2D eigenvalue weighted by Gasteiger charge is 2.22. The van der Waals surface area contributed by atoms with E-state index in [9.17, 15) is 9.18 Å². The summed E-state index contributed by atoms with van der Waals surface area (Å²) in [5, 5.41) is 6.61. The Kier molecular flexibility index (Phi) is 5.74. The molecule has 0 unspecified atom stereocenters. The van der Waals surface area contributed by atoms with Crippen LogP contribution in [0.15, 0.2) is 18.2 Å². The van der Waals surface area contributed by atoms with E-state index in [1.165, 1.54) is 6.07 Å². The lowest BCUT2D eigenvalue weighted by atomic mass is 9.91. The minimum Gasteiger partial charge on any atom is -0.349 e. The van der Waals surface area contributed by atoms with Gasteiger partial charge >= 0.3 is 0 Å². The van der Waals surface area contributed by atoms with Gasteiger partial charge in [0.25, 0.3) is 5.91 Å². The minimum absolute atomic E-state index is 0.0944. The fourth-order valence-corrected chi connectivity index (χ4v) is 2.84. The van der Waals surface area contributed by atoms with Gasteiger partial charge in [-0.3, -0.25) is 4.79 Å². The number of nitrogens with one attached hydrogen (secondary N) is 2. The molecule has 0 atom stereocenters. The smallest absolute Gasteiger partial charge is 0.251 e. The van der Waals surface area contributed by atoms with Crippen LogP contribution in [0.25, 0.3) is 0 Å². The zero-order valence-corrected chi connectivity index (χ0v) is 12.9. The second-order valence-electron chi connectivity index (χ2n) is 5.94. The van der Waals surface area contributed by atoms with Gasteiger partial charge in [0.05, 0.1) is 0 Å². The van der Waals surface area contributed by atoms with Crippen molar-refractivity contribution in [2.24, 2.45) is 0 Å². The minimum atomic E-state index is -0.269. The van der Waals surface area contributed by atoms with E-state index in [-0.39, 0.29) is 17.8 Å². The van der Waals surface area contributed by atoms with Crippen LogP contribution in [-0.4, -0.2) is 24.5 Å². The number of aryl methyl sites for hydroxylation is 1. The first-order chi connectivity index (χ1) is 10.1. The molecule has 2 N–H and O–H groups in total. The summed E-state index contributed by atoms with van der Waals surface area (Å²) in [6.45, 7) is 4.91. The highest BCUT2D eigenvalue weighted by atomic mass is 19.1. The van der Waals surface area contributed by atoms with Crippen LogP contribution >= 0.6 is 0 Å². The molecule has 0 radical (unpaired) electrons. The quantitative estimate of drug-likeness (QED) is 0.875. The van der Waals surface area contributed by atoms with Crippen molar-refractivity contribution in [3.05, 3.63) is 35.1 Å². The lowest BCUT2D eigenvalue weighted by Gasteiger charge is -2.29. The van der Waals surface area contributed by atoms with Gasteiger partial charge in [-0.15, -0.1) is 0 Å². The van der Waals surface area contributed by atoms with Gasteiger partial charge < -0.3 is 10.6 Å². The number of hydrogen-bond donors (Lipinski definition) is 2. The molecule has 21 heavy (non-hydrogen) atoms. The van der Waals surface area contributed by atoms with Crippen molar-refractivity contribution in [1.82, 2.24) is 10.6 Å². The second-order valence-corrected chi connectivity index (χ2v) is 5.94. The number of carbonyl (C=O) groups excluding carboxylic acids is 1. The summed E-state index contributed by atoms with van der Waals surface area (Å²) in [7, 11) is 0. The monoisotopic (exact) mass is 292 g/mol. The summed E-state index contributed by atoms with van der Waals surface area (Å²) in [6, 6.07) is 5.34. The predicted octanol–water partition coefficient (Wildman–Crippen LogP) is 3.17. The van der Waals surface area contributed by atoms with Crippen LogP contribution in [0.2, 0.25) is 0 Å². The Morgan fingerprint density at radius 3 is 2.52 bits per heavy atom. The maximum absolute atomic E-state index is 13.2. The van der Waals surface area contributed by atoms with Crippen molar-refractivity contribution in [2.45, 2.75) is 58.0 Å². The molecule has 1 aliphatic rings. The first-order valence-electron chi connectivity index (χ1n) is 7.90. The molecule has 0 saturated heterocycles. The summed E-state index contributed by atoms with van der Waals surface area (Å²) >= 11 is 0. The zero-order chi connectivity index (χ0) is 15.2. The van der Waals surface area contributed by atoms with E-state index >= 15 is 0 Å². The van der Waals surface area contributed by atoms with E-state index < -0.39 is 0 Å². The highest BCUT2D eigenvalue weighted by Crippen LogP contribution is 2.19. The molecule has 1 saturated carbocycles. The summed E-state index contributed by atoms with van der Waals surface area (Å²) in [6.07, 6.45) is 5.38. The fraction of sp³-hybridized carbons (Fsp3) is 0.588. The summed E-state index contributed by atoms with van der Waals surface area (Å²) in [5.74, 6) is -0.364. The lowest BCUT2D eigenvalue weighted by Crippen LogP contribution is -2.42. The average Bonchev–Trinajstić information content (AvgIpc) is 2.49. The molecular weight excluding hydrogens is 267 g/mol. The molecule has 0 spiro atoms. The van der Waals surface area contributed by atoms with Gasteiger partial charge in [0, 0.05) is 17.6 Å². The van der Waals surface area contributed by atoms with Crippen molar-refractivity contribution in [3.63, 3.8) is 0 Å². The largest absolute Gasteiger partial charge is 0.349 e. The van der Waals surface area contributed by atoms with E-state index in [1.54, 1.807) is 19.1 Å².